The third-order valence-corrected chi connectivity index (χ3v) is 4.43. The molecule has 0 aliphatic carbocycles. The normalized spacial score (nSPS) is 11.8. The highest BCUT2D eigenvalue weighted by molar-refractivity contribution is 9.10. The molecule has 1 N–H and O–H groups in total. The number of hydrogen-bond donors (Lipinski definition) is 1. The molecular weight excluding hydrogens is 440 g/mol. The number of furan rings is 1. The molecule has 120 valence electrons. The number of aryl methyl sites for hydroxylation is 1. The summed E-state index contributed by atoms with van der Waals surface area (Å²) in [7, 11) is 1.95. The largest absolute Gasteiger partial charge is 0.448 e. The number of aromatic nitrogens is 4. The number of fused-ring (bicyclic) bond motifs is 3. The minimum atomic E-state index is 0.314. The second-order valence-corrected chi connectivity index (χ2v) is 6.74. The van der Waals surface area contributed by atoms with E-state index in [4.69, 9.17) is 4.42 Å². The van der Waals surface area contributed by atoms with E-state index in [1.807, 2.05) is 29.8 Å². The number of nitrogens with one attached hydrogen (secondary N) is 1. The van der Waals surface area contributed by atoms with Crippen LogP contribution >= 0.6 is 31.9 Å². The van der Waals surface area contributed by atoms with Gasteiger partial charge in [0.25, 0.3) is 5.95 Å². The van der Waals surface area contributed by atoms with Crippen molar-refractivity contribution in [2.24, 2.45) is 12.1 Å². The summed E-state index contributed by atoms with van der Waals surface area (Å²) in [6.07, 6.45) is 1.54. The zero-order valence-corrected chi connectivity index (χ0v) is 15.5. The summed E-state index contributed by atoms with van der Waals surface area (Å²) < 4.78 is 8.93. The van der Waals surface area contributed by atoms with Gasteiger partial charge in [0.2, 0.25) is 0 Å². The molecule has 0 aliphatic heterocycles. The van der Waals surface area contributed by atoms with Crippen molar-refractivity contribution in [1.29, 1.82) is 0 Å². The van der Waals surface area contributed by atoms with Gasteiger partial charge < -0.3 is 8.98 Å². The van der Waals surface area contributed by atoms with Gasteiger partial charge in [-0.3, -0.25) is 0 Å². The Hall–Kier alpha value is -2.26. The monoisotopic (exact) mass is 448 g/mol. The van der Waals surface area contributed by atoms with E-state index in [1.165, 1.54) is 6.21 Å². The number of rotatable bonds is 3. The molecule has 4 rings (SSSR count). The molecule has 24 heavy (non-hydrogen) atoms. The van der Waals surface area contributed by atoms with Crippen molar-refractivity contribution in [3.8, 4) is 0 Å². The summed E-state index contributed by atoms with van der Waals surface area (Å²) in [5, 5.41) is 13.4. The first-order valence-electron chi connectivity index (χ1n) is 6.94. The highest BCUT2D eigenvalue weighted by Crippen LogP contribution is 2.28. The third kappa shape index (κ3) is 2.69. The lowest BCUT2D eigenvalue weighted by Gasteiger charge is -1.99. The second kappa shape index (κ2) is 5.99. The Morgan fingerprint density at radius 1 is 1.21 bits per heavy atom. The van der Waals surface area contributed by atoms with Gasteiger partial charge in [-0.15, -0.1) is 10.2 Å². The van der Waals surface area contributed by atoms with Crippen LogP contribution in [0.5, 0.6) is 0 Å². The molecule has 0 amide bonds. The van der Waals surface area contributed by atoms with Gasteiger partial charge in [-0.1, -0.05) is 15.9 Å². The Balaban J connectivity index is 1.69. The van der Waals surface area contributed by atoms with E-state index in [-0.39, 0.29) is 0 Å². The molecule has 0 bridgehead atoms. The molecule has 0 saturated heterocycles. The fraction of sp³-hybridized carbons (Fsp3) is 0.0667. The maximum absolute atomic E-state index is 5.32. The molecule has 3 heterocycles. The van der Waals surface area contributed by atoms with E-state index in [0.717, 1.165) is 26.5 Å². The van der Waals surface area contributed by atoms with Crippen LogP contribution in [0.3, 0.4) is 0 Å². The highest BCUT2D eigenvalue weighted by Gasteiger charge is 2.12. The van der Waals surface area contributed by atoms with Crippen molar-refractivity contribution in [1.82, 2.24) is 19.7 Å². The number of hydrogen-bond acceptors (Lipinski definition) is 6. The van der Waals surface area contributed by atoms with Crippen molar-refractivity contribution in [3.05, 3.63) is 45.2 Å². The van der Waals surface area contributed by atoms with Gasteiger partial charge in [0, 0.05) is 16.9 Å². The van der Waals surface area contributed by atoms with Crippen molar-refractivity contribution < 1.29 is 4.42 Å². The number of halogens is 2. The van der Waals surface area contributed by atoms with Crippen molar-refractivity contribution in [2.45, 2.75) is 0 Å². The first kappa shape index (κ1) is 15.3. The third-order valence-electron chi connectivity index (χ3n) is 3.51. The lowest BCUT2D eigenvalue weighted by atomic mass is 10.2. The topological polar surface area (TPSA) is 81.1 Å². The van der Waals surface area contributed by atoms with E-state index in [1.54, 1.807) is 12.1 Å². The Morgan fingerprint density at radius 3 is 2.88 bits per heavy atom. The zero-order valence-electron chi connectivity index (χ0n) is 12.4. The minimum absolute atomic E-state index is 0.314. The van der Waals surface area contributed by atoms with Gasteiger partial charge in [0.1, 0.15) is 11.3 Å². The van der Waals surface area contributed by atoms with E-state index < -0.39 is 0 Å². The molecule has 1 aromatic carbocycles. The summed E-state index contributed by atoms with van der Waals surface area (Å²) in [6, 6.07) is 9.59. The molecular formula is C15H10Br2N6O. The van der Waals surface area contributed by atoms with Gasteiger partial charge in [-0.05, 0) is 46.3 Å². The number of nitrogens with zero attached hydrogens (tertiary/aromatic N) is 5. The molecule has 0 spiro atoms. The molecule has 0 radical (unpaired) electrons. The SMILES string of the molecule is Cn1c2ccc(Br)cc2c2nnc(N/N=C/c3ccc(Br)o3)nc21. The molecule has 4 aromatic rings. The lowest BCUT2D eigenvalue weighted by Crippen LogP contribution is -2.00. The van der Waals surface area contributed by atoms with Crippen molar-refractivity contribution >= 4 is 66.1 Å². The minimum Gasteiger partial charge on any atom is -0.448 e. The maximum Gasteiger partial charge on any atom is 0.265 e. The first-order valence-corrected chi connectivity index (χ1v) is 8.53. The van der Waals surface area contributed by atoms with E-state index in [9.17, 15) is 0 Å². The standard InChI is InChI=1S/C15H10Br2N6O/c1-23-11-4-2-8(16)6-10(11)13-14(23)19-15(22-20-13)21-18-7-9-3-5-12(17)24-9/h2-7H,1H3,(H,19,21,22)/b18-7+. The summed E-state index contributed by atoms with van der Waals surface area (Å²) in [4.78, 5) is 4.49. The van der Waals surface area contributed by atoms with Crippen LogP contribution in [0.4, 0.5) is 5.95 Å². The van der Waals surface area contributed by atoms with Crippen LogP contribution in [0.15, 0.2) is 49.0 Å². The Labute approximate surface area is 153 Å². The van der Waals surface area contributed by atoms with Crippen LogP contribution in [0.2, 0.25) is 0 Å². The fourth-order valence-electron chi connectivity index (χ4n) is 2.43. The molecule has 0 aliphatic rings. The second-order valence-electron chi connectivity index (χ2n) is 5.04. The van der Waals surface area contributed by atoms with Crippen LogP contribution in [-0.4, -0.2) is 26.0 Å². The average Bonchev–Trinajstić information content (AvgIpc) is 3.10. The van der Waals surface area contributed by atoms with E-state index in [0.29, 0.717) is 16.4 Å². The van der Waals surface area contributed by atoms with Crippen molar-refractivity contribution in [2.75, 3.05) is 5.43 Å². The summed E-state index contributed by atoms with van der Waals surface area (Å²) in [5.74, 6) is 0.923. The van der Waals surface area contributed by atoms with Gasteiger partial charge >= 0.3 is 0 Å². The lowest BCUT2D eigenvalue weighted by molar-refractivity contribution is 0.534. The fourth-order valence-corrected chi connectivity index (χ4v) is 3.11. The summed E-state index contributed by atoms with van der Waals surface area (Å²) in [6.45, 7) is 0. The van der Waals surface area contributed by atoms with Crippen LogP contribution in [-0.2, 0) is 7.05 Å². The number of benzene rings is 1. The van der Waals surface area contributed by atoms with Crippen LogP contribution in [0.25, 0.3) is 22.1 Å². The van der Waals surface area contributed by atoms with Gasteiger partial charge in [-0.2, -0.15) is 10.1 Å². The van der Waals surface area contributed by atoms with Crippen molar-refractivity contribution in [3.63, 3.8) is 0 Å². The Kier molecular flexibility index (Phi) is 3.81. The number of hydrazone groups is 1. The first-order chi connectivity index (χ1) is 11.6. The number of anilines is 1. The quantitative estimate of drug-likeness (QED) is 0.376. The molecule has 0 unspecified atom stereocenters. The molecule has 0 saturated carbocycles. The predicted molar refractivity (Wildman–Crippen MR) is 99.1 cm³/mol. The van der Waals surface area contributed by atoms with Crippen LogP contribution < -0.4 is 5.43 Å². The van der Waals surface area contributed by atoms with Gasteiger partial charge in [-0.25, -0.2) is 5.43 Å². The molecule has 9 heteroatoms. The molecule has 3 aromatic heterocycles. The van der Waals surface area contributed by atoms with Crippen LogP contribution in [0.1, 0.15) is 5.76 Å². The smallest absolute Gasteiger partial charge is 0.265 e. The summed E-state index contributed by atoms with van der Waals surface area (Å²) >= 11 is 6.71. The van der Waals surface area contributed by atoms with E-state index in [2.05, 4.69) is 57.6 Å². The molecule has 0 atom stereocenters. The Bertz CT molecular complexity index is 1080. The predicted octanol–water partition coefficient (Wildman–Crippen LogP) is 4.08. The zero-order chi connectivity index (χ0) is 16.7. The van der Waals surface area contributed by atoms with E-state index >= 15 is 0 Å². The average molecular weight is 450 g/mol. The van der Waals surface area contributed by atoms with Gasteiger partial charge in [0.15, 0.2) is 10.3 Å². The van der Waals surface area contributed by atoms with Crippen LogP contribution in [0, 0.1) is 0 Å². The van der Waals surface area contributed by atoms with Gasteiger partial charge in [0.05, 0.1) is 11.7 Å². The maximum atomic E-state index is 5.32. The molecule has 7 nitrogen and oxygen atoms in total. The highest BCUT2D eigenvalue weighted by atomic mass is 79.9. The summed E-state index contributed by atoms with van der Waals surface area (Å²) in [5.41, 5.74) is 5.28. The molecule has 0 fully saturated rings. The Morgan fingerprint density at radius 2 is 2.08 bits per heavy atom.